The average molecular weight is 308 g/mol. The average Bonchev–Trinajstić information content (AvgIpc) is 2.96. The lowest BCUT2D eigenvalue weighted by Crippen LogP contribution is -2.23. The lowest BCUT2D eigenvalue weighted by atomic mass is 9.79. The predicted octanol–water partition coefficient (Wildman–Crippen LogP) is 4.99. The van der Waals surface area contributed by atoms with Crippen LogP contribution in [0.2, 0.25) is 0 Å². The van der Waals surface area contributed by atoms with Crippen LogP contribution >= 0.6 is 0 Å². The molecule has 2 aromatic rings. The molecule has 4 nitrogen and oxygen atoms in total. The van der Waals surface area contributed by atoms with E-state index in [0.717, 1.165) is 35.2 Å². The highest BCUT2D eigenvalue weighted by molar-refractivity contribution is 5.72. The zero-order valence-corrected chi connectivity index (χ0v) is 13.3. The van der Waals surface area contributed by atoms with Crippen LogP contribution in [0.1, 0.15) is 37.8 Å². The van der Waals surface area contributed by atoms with E-state index in [4.69, 9.17) is 0 Å². The maximum absolute atomic E-state index is 9.55. The molecule has 0 radical (unpaired) electrons. The summed E-state index contributed by atoms with van der Waals surface area (Å²) in [6.07, 6.45) is 1.63. The highest BCUT2D eigenvalue weighted by atomic mass is 16.3. The van der Waals surface area contributed by atoms with Crippen molar-refractivity contribution >= 4 is 5.70 Å². The molecule has 0 aliphatic carbocycles. The largest absolute Gasteiger partial charge is 0.508 e. The first kappa shape index (κ1) is 15.3. The fourth-order valence-electron chi connectivity index (χ4n) is 3.22. The third-order valence-corrected chi connectivity index (χ3v) is 4.46. The van der Waals surface area contributed by atoms with Gasteiger partial charge in [0.1, 0.15) is 17.0 Å². The zero-order valence-electron chi connectivity index (χ0n) is 13.3. The first-order valence-corrected chi connectivity index (χ1v) is 7.86. The lowest BCUT2D eigenvalue weighted by molar-refractivity contribution is 0.470. The molecule has 1 aliphatic heterocycles. The fraction of sp³-hybridized carbons (Fsp3) is 0.263. The number of hydrogen-bond donors (Lipinski definition) is 2. The smallest absolute Gasteiger partial charge is 0.130 e. The Hall–Kier alpha value is -2.62. The van der Waals surface area contributed by atoms with E-state index in [1.165, 1.54) is 0 Å². The van der Waals surface area contributed by atoms with Crippen molar-refractivity contribution in [1.82, 2.24) is 0 Å². The van der Waals surface area contributed by atoms with Crippen molar-refractivity contribution in [3.05, 3.63) is 65.2 Å². The van der Waals surface area contributed by atoms with E-state index in [2.05, 4.69) is 24.1 Å². The van der Waals surface area contributed by atoms with Gasteiger partial charge in [0.25, 0.3) is 0 Å². The summed E-state index contributed by atoms with van der Waals surface area (Å²) < 4.78 is 0. The van der Waals surface area contributed by atoms with Gasteiger partial charge in [0.05, 0.1) is 5.70 Å². The van der Waals surface area contributed by atoms with Crippen LogP contribution in [0.25, 0.3) is 5.70 Å². The molecule has 1 atom stereocenters. The van der Waals surface area contributed by atoms with Gasteiger partial charge in [-0.15, -0.1) is 0 Å². The Bertz CT molecular complexity index is 761. The Morgan fingerprint density at radius 2 is 1.43 bits per heavy atom. The molecule has 2 N–H and O–H groups in total. The molecule has 4 heteroatoms. The van der Waals surface area contributed by atoms with Crippen molar-refractivity contribution in [2.24, 2.45) is 10.2 Å². The maximum Gasteiger partial charge on any atom is 0.130 e. The highest BCUT2D eigenvalue weighted by Crippen LogP contribution is 2.48. The number of aromatic hydroxyl groups is 2. The normalized spacial score (nSPS) is 20.3. The first-order chi connectivity index (χ1) is 11.1. The van der Waals surface area contributed by atoms with Crippen LogP contribution in [-0.4, -0.2) is 10.2 Å². The van der Waals surface area contributed by atoms with Crippen LogP contribution in [0.15, 0.2) is 64.3 Å². The minimum absolute atomic E-state index is 0.239. The maximum atomic E-state index is 9.55. The van der Waals surface area contributed by atoms with Gasteiger partial charge in [-0.1, -0.05) is 26.0 Å². The van der Waals surface area contributed by atoms with Gasteiger partial charge in [-0.05, 0) is 60.4 Å². The summed E-state index contributed by atoms with van der Waals surface area (Å²) in [7, 11) is 0. The van der Waals surface area contributed by atoms with Crippen molar-refractivity contribution < 1.29 is 10.2 Å². The van der Waals surface area contributed by atoms with Crippen LogP contribution in [0, 0.1) is 0 Å². The van der Waals surface area contributed by atoms with Crippen molar-refractivity contribution in [1.29, 1.82) is 0 Å². The lowest BCUT2D eigenvalue weighted by Gasteiger charge is -2.27. The number of phenols is 2. The van der Waals surface area contributed by atoms with Crippen LogP contribution in [0.4, 0.5) is 0 Å². The summed E-state index contributed by atoms with van der Waals surface area (Å²) >= 11 is 0. The van der Waals surface area contributed by atoms with Crippen LogP contribution in [0.5, 0.6) is 11.5 Å². The van der Waals surface area contributed by atoms with Crippen molar-refractivity contribution in [3.8, 4) is 11.5 Å². The third kappa shape index (κ3) is 2.50. The molecule has 0 spiro atoms. The van der Waals surface area contributed by atoms with Gasteiger partial charge in [0, 0.05) is 5.56 Å². The van der Waals surface area contributed by atoms with Crippen molar-refractivity contribution in [3.63, 3.8) is 0 Å². The van der Waals surface area contributed by atoms with Crippen molar-refractivity contribution in [2.45, 2.75) is 32.2 Å². The van der Waals surface area contributed by atoms with E-state index in [1.54, 1.807) is 24.3 Å². The van der Waals surface area contributed by atoms with Gasteiger partial charge >= 0.3 is 0 Å². The Morgan fingerprint density at radius 3 is 1.96 bits per heavy atom. The number of nitrogens with zero attached hydrogens (tertiary/aromatic N) is 2. The quantitative estimate of drug-likeness (QED) is 0.835. The highest BCUT2D eigenvalue weighted by Gasteiger charge is 2.40. The van der Waals surface area contributed by atoms with Gasteiger partial charge in [0.15, 0.2) is 0 Å². The summed E-state index contributed by atoms with van der Waals surface area (Å²) in [6.45, 7) is 4.21. The number of benzene rings is 2. The van der Waals surface area contributed by atoms with E-state index >= 15 is 0 Å². The van der Waals surface area contributed by atoms with E-state index in [9.17, 15) is 10.2 Å². The van der Waals surface area contributed by atoms with Gasteiger partial charge in [-0.25, -0.2) is 0 Å². The van der Waals surface area contributed by atoms with E-state index in [1.807, 2.05) is 24.3 Å². The van der Waals surface area contributed by atoms with Gasteiger partial charge in [0.2, 0.25) is 0 Å². The van der Waals surface area contributed by atoms with E-state index < -0.39 is 5.54 Å². The molecule has 0 saturated carbocycles. The number of phenolic OH excluding ortho intramolecular Hbond substituents is 2. The van der Waals surface area contributed by atoms with Gasteiger partial charge in [-0.3, -0.25) is 0 Å². The molecular formula is C19H20N2O2. The number of hydrogen-bond acceptors (Lipinski definition) is 4. The Labute approximate surface area is 135 Å². The molecule has 0 saturated heterocycles. The van der Waals surface area contributed by atoms with Crippen LogP contribution < -0.4 is 0 Å². The molecule has 0 bridgehead atoms. The second-order valence-corrected chi connectivity index (χ2v) is 5.69. The molecule has 3 rings (SSSR count). The zero-order chi connectivity index (χ0) is 16.4. The third-order valence-electron chi connectivity index (χ3n) is 4.46. The molecule has 1 unspecified atom stereocenters. The molecule has 0 fully saturated rings. The molecular weight excluding hydrogens is 288 g/mol. The molecule has 1 aliphatic rings. The second-order valence-electron chi connectivity index (χ2n) is 5.69. The summed E-state index contributed by atoms with van der Waals surface area (Å²) in [5.41, 5.74) is 3.55. The molecule has 0 aromatic heterocycles. The predicted molar refractivity (Wildman–Crippen MR) is 90.2 cm³/mol. The monoisotopic (exact) mass is 308 g/mol. The topological polar surface area (TPSA) is 65.2 Å². The van der Waals surface area contributed by atoms with E-state index in [0.29, 0.717) is 0 Å². The summed E-state index contributed by atoms with van der Waals surface area (Å²) in [5, 5.41) is 28.1. The summed E-state index contributed by atoms with van der Waals surface area (Å²) in [5.74, 6) is 0.485. The summed E-state index contributed by atoms with van der Waals surface area (Å²) in [4.78, 5) is 0. The Kier molecular flexibility index (Phi) is 3.90. The Balaban J connectivity index is 2.14. The molecule has 1 heterocycles. The standard InChI is InChI=1S/C19H20N2O2/c1-3-17-18(13-5-9-15(22)10-6-13)20-21-19(17,4-2)14-7-11-16(23)12-8-14/h5-12,22-23H,3-4H2,1-2H3. The van der Waals surface area contributed by atoms with Crippen LogP contribution in [-0.2, 0) is 5.54 Å². The second kappa shape index (κ2) is 5.88. The number of rotatable bonds is 4. The minimum atomic E-state index is -0.477. The van der Waals surface area contributed by atoms with E-state index in [-0.39, 0.29) is 11.5 Å². The summed E-state index contributed by atoms with van der Waals surface area (Å²) in [6, 6.07) is 14.3. The van der Waals surface area contributed by atoms with Crippen molar-refractivity contribution in [2.75, 3.05) is 0 Å². The molecule has 118 valence electrons. The molecule has 23 heavy (non-hydrogen) atoms. The minimum Gasteiger partial charge on any atom is -0.508 e. The SMILES string of the molecule is CCC1=C(c2ccc(O)cc2)N=NC1(CC)c1ccc(O)cc1. The van der Waals surface area contributed by atoms with Gasteiger partial charge < -0.3 is 10.2 Å². The number of azo groups is 1. The Morgan fingerprint density at radius 1 is 0.870 bits per heavy atom. The molecule has 2 aromatic carbocycles. The molecule has 0 amide bonds. The first-order valence-electron chi connectivity index (χ1n) is 7.86. The van der Waals surface area contributed by atoms with Crippen LogP contribution in [0.3, 0.4) is 0 Å². The van der Waals surface area contributed by atoms with Gasteiger partial charge in [-0.2, -0.15) is 10.2 Å². The fourth-order valence-corrected chi connectivity index (χ4v) is 3.22.